The zero-order valence-corrected chi connectivity index (χ0v) is 17.2. The van der Waals surface area contributed by atoms with Gasteiger partial charge in [0.25, 0.3) is 0 Å². The Kier molecular flexibility index (Phi) is 6.69. The summed E-state index contributed by atoms with van der Waals surface area (Å²) in [6, 6.07) is 7.60. The Labute approximate surface area is 171 Å². The first-order valence-electron chi connectivity index (χ1n) is 8.12. The highest BCUT2D eigenvalue weighted by Crippen LogP contribution is 2.37. The van der Waals surface area contributed by atoms with Gasteiger partial charge in [-0.1, -0.05) is 17.7 Å². The van der Waals surface area contributed by atoms with Crippen LogP contribution in [0.5, 0.6) is 5.75 Å². The number of ether oxygens (including phenoxy) is 1. The Morgan fingerprint density at radius 3 is 2.41 bits per heavy atom. The standard InChI is InChI=1S/C18H18ClF3N2O4S/c1-11-4-7-16(28-2)15(8-11)23-17(25)10-24(29(3,26)27)12-5-6-14(19)13(9-12)18(20,21)22/h4-9H,10H2,1-3H3,(H,23,25). The van der Waals surface area contributed by atoms with Crippen LogP contribution in [-0.2, 0) is 21.0 Å². The van der Waals surface area contributed by atoms with Crippen LogP contribution in [-0.4, -0.2) is 34.2 Å². The molecule has 0 saturated carbocycles. The number of nitrogens with one attached hydrogen (secondary N) is 1. The molecule has 29 heavy (non-hydrogen) atoms. The van der Waals surface area contributed by atoms with Gasteiger partial charge in [-0.2, -0.15) is 13.2 Å². The molecule has 0 unspecified atom stereocenters. The molecule has 0 heterocycles. The summed E-state index contributed by atoms with van der Waals surface area (Å²) < 4.78 is 69.3. The van der Waals surface area contributed by atoms with Gasteiger partial charge in [-0.3, -0.25) is 9.10 Å². The van der Waals surface area contributed by atoms with E-state index in [4.69, 9.17) is 16.3 Å². The number of rotatable bonds is 6. The number of hydrogen-bond acceptors (Lipinski definition) is 4. The summed E-state index contributed by atoms with van der Waals surface area (Å²) in [7, 11) is -2.68. The molecular weight excluding hydrogens is 433 g/mol. The Morgan fingerprint density at radius 2 is 1.86 bits per heavy atom. The number of halogens is 4. The van der Waals surface area contributed by atoms with Crippen LogP contribution in [0.15, 0.2) is 36.4 Å². The van der Waals surface area contributed by atoms with E-state index in [1.807, 2.05) is 0 Å². The highest BCUT2D eigenvalue weighted by molar-refractivity contribution is 7.92. The topological polar surface area (TPSA) is 75.7 Å². The summed E-state index contributed by atoms with van der Waals surface area (Å²) in [6.07, 6.45) is -4.00. The maximum absolute atomic E-state index is 13.1. The third-order valence-corrected chi connectivity index (χ3v) is 5.33. The van der Waals surface area contributed by atoms with Gasteiger partial charge in [0.2, 0.25) is 15.9 Å². The average molecular weight is 451 g/mol. The molecule has 0 aromatic heterocycles. The summed E-state index contributed by atoms with van der Waals surface area (Å²) in [4.78, 5) is 12.5. The van der Waals surface area contributed by atoms with Crippen molar-refractivity contribution < 1.29 is 31.1 Å². The number of amides is 1. The maximum atomic E-state index is 13.1. The molecule has 0 aliphatic rings. The normalized spacial score (nSPS) is 11.8. The predicted octanol–water partition coefficient (Wildman–Crippen LogP) is 4.08. The number of methoxy groups -OCH3 is 1. The van der Waals surface area contributed by atoms with Crippen molar-refractivity contribution in [3.8, 4) is 5.75 Å². The van der Waals surface area contributed by atoms with Crippen molar-refractivity contribution >= 4 is 38.9 Å². The fraction of sp³-hybridized carbons (Fsp3) is 0.278. The minimum Gasteiger partial charge on any atom is -0.495 e. The number of alkyl halides is 3. The van der Waals surface area contributed by atoms with Crippen LogP contribution in [0.3, 0.4) is 0 Å². The summed E-state index contributed by atoms with van der Waals surface area (Å²) in [5.41, 5.74) is -0.423. The first-order valence-corrected chi connectivity index (χ1v) is 10.3. The third-order valence-electron chi connectivity index (χ3n) is 3.86. The van der Waals surface area contributed by atoms with E-state index in [0.717, 1.165) is 24.0 Å². The van der Waals surface area contributed by atoms with Crippen molar-refractivity contribution in [3.05, 3.63) is 52.5 Å². The smallest absolute Gasteiger partial charge is 0.417 e. The van der Waals surface area contributed by atoms with Gasteiger partial charge >= 0.3 is 6.18 Å². The lowest BCUT2D eigenvalue weighted by Crippen LogP contribution is -2.37. The number of hydrogen-bond donors (Lipinski definition) is 1. The molecule has 2 rings (SSSR count). The summed E-state index contributed by atoms with van der Waals surface area (Å²) in [5.74, 6) is -0.413. The van der Waals surface area contributed by atoms with Gasteiger partial charge in [0.15, 0.2) is 0 Å². The van der Waals surface area contributed by atoms with E-state index in [9.17, 15) is 26.4 Å². The number of nitrogens with zero attached hydrogens (tertiary/aromatic N) is 1. The Morgan fingerprint density at radius 1 is 1.21 bits per heavy atom. The van der Waals surface area contributed by atoms with Crippen molar-refractivity contribution in [1.29, 1.82) is 0 Å². The SMILES string of the molecule is COc1ccc(C)cc1NC(=O)CN(c1ccc(Cl)c(C(F)(F)F)c1)S(C)(=O)=O. The third kappa shape index (κ3) is 5.77. The molecule has 11 heteroatoms. The van der Waals surface area contributed by atoms with Crippen LogP contribution in [0.4, 0.5) is 24.5 Å². The minimum absolute atomic E-state index is 0.304. The molecule has 0 aliphatic carbocycles. The van der Waals surface area contributed by atoms with Crippen molar-refractivity contribution in [1.82, 2.24) is 0 Å². The van der Waals surface area contributed by atoms with Gasteiger partial charge < -0.3 is 10.1 Å². The van der Waals surface area contributed by atoms with E-state index in [0.29, 0.717) is 21.8 Å². The molecule has 0 fully saturated rings. The molecule has 0 spiro atoms. The lowest BCUT2D eigenvalue weighted by molar-refractivity contribution is -0.137. The monoisotopic (exact) mass is 450 g/mol. The molecule has 1 amide bonds. The van der Waals surface area contributed by atoms with E-state index in [2.05, 4.69) is 5.32 Å². The molecule has 0 atom stereocenters. The maximum Gasteiger partial charge on any atom is 0.417 e. The second-order valence-electron chi connectivity index (χ2n) is 6.18. The molecule has 158 valence electrons. The summed E-state index contributed by atoms with van der Waals surface area (Å²) in [5, 5.41) is 1.93. The van der Waals surface area contributed by atoms with Gasteiger partial charge in [-0.15, -0.1) is 0 Å². The van der Waals surface area contributed by atoms with Crippen LogP contribution in [0.1, 0.15) is 11.1 Å². The van der Waals surface area contributed by atoms with E-state index in [-0.39, 0.29) is 5.69 Å². The fourth-order valence-electron chi connectivity index (χ4n) is 2.53. The van der Waals surface area contributed by atoms with E-state index < -0.39 is 39.2 Å². The van der Waals surface area contributed by atoms with Crippen molar-refractivity contribution in [2.45, 2.75) is 13.1 Å². The molecule has 0 saturated heterocycles. The first-order chi connectivity index (χ1) is 13.3. The minimum atomic E-state index is -4.78. The van der Waals surface area contributed by atoms with Crippen LogP contribution >= 0.6 is 11.6 Å². The summed E-state index contributed by atoms with van der Waals surface area (Å²) in [6.45, 7) is 1.04. The average Bonchev–Trinajstić information content (AvgIpc) is 2.58. The molecule has 0 radical (unpaired) electrons. The number of benzene rings is 2. The number of sulfonamides is 1. The number of aryl methyl sites for hydroxylation is 1. The lowest BCUT2D eigenvalue weighted by Gasteiger charge is -2.23. The van der Waals surface area contributed by atoms with E-state index in [1.54, 1.807) is 25.1 Å². The zero-order valence-electron chi connectivity index (χ0n) is 15.7. The first kappa shape index (κ1) is 22.8. The highest BCUT2D eigenvalue weighted by atomic mass is 35.5. The number of carbonyl (C=O) groups excluding carboxylic acids is 1. The second-order valence-corrected chi connectivity index (χ2v) is 8.50. The van der Waals surface area contributed by atoms with Crippen molar-refractivity contribution in [3.63, 3.8) is 0 Å². The lowest BCUT2D eigenvalue weighted by atomic mass is 10.2. The van der Waals surface area contributed by atoms with Crippen LogP contribution in [0, 0.1) is 6.92 Å². The largest absolute Gasteiger partial charge is 0.495 e. The van der Waals surface area contributed by atoms with Gasteiger partial charge in [-0.05, 0) is 42.8 Å². The van der Waals surface area contributed by atoms with Gasteiger partial charge in [0.1, 0.15) is 12.3 Å². The van der Waals surface area contributed by atoms with E-state index >= 15 is 0 Å². The van der Waals surface area contributed by atoms with Gasteiger partial charge in [0.05, 0.1) is 35.3 Å². The quantitative estimate of drug-likeness (QED) is 0.719. The highest BCUT2D eigenvalue weighted by Gasteiger charge is 2.34. The van der Waals surface area contributed by atoms with E-state index in [1.165, 1.54) is 7.11 Å². The van der Waals surface area contributed by atoms with Gasteiger partial charge in [0, 0.05) is 0 Å². The van der Waals surface area contributed by atoms with Gasteiger partial charge in [-0.25, -0.2) is 8.42 Å². The van der Waals surface area contributed by atoms with Crippen molar-refractivity contribution in [2.75, 3.05) is 29.5 Å². The van der Waals surface area contributed by atoms with Crippen LogP contribution < -0.4 is 14.4 Å². The molecular formula is C18H18ClF3N2O4S. The van der Waals surface area contributed by atoms with Crippen LogP contribution in [0.25, 0.3) is 0 Å². The number of anilines is 2. The Hall–Kier alpha value is -2.46. The molecule has 2 aromatic rings. The fourth-order valence-corrected chi connectivity index (χ4v) is 3.60. The zero-order chi connectivity index (χ0) is 22.0. The second kappa shape index (κ2) is 8.50. The van der Waals surface area contributed by atoms with Crippen LogP contribution in [0.2, 0.25) is 5.02 Å². The molecule has 0 aliphatic heterocycles. The number of carbonyl (C=O) groups is 1. The predicted molar refractivity (Wildman–Crippen MR) is 105 cm³/mol. The summed E-state index contributed by atoms with van der Waals surface area (Å²) >= 11 is 5.58. The Bertz CT molecular complexity index is 1030. The van der Waals surface area contributed by atoms with Crippen molar-refractivity contribution in [2.24, 2.45) is 0 Å². The molecule has 0 bridgehead atoms. The molecule has 6 nitrogen and oxygen atoms in total. The Balaban J connectivity index is 2.36. The molecule has 1 N–H and O–H groups in total. The molecule has 2 aromatic carbocycles.